The summed E-state index contributed by atoms with van der Waals surface area (Å²) in [7, 11) is 0. The van der Waals surface area contributed by atoms with Crippen LogP contribution in [0.4, 0.5) is 0 Å². The van der Waals surface area contributed by atoms with Gasteiger partial charge in [0.25, 0.3) is 0 Å². The van der Waals surface area contributed by atoms with E-state index in [9.17, 15) is 0 Å². The average molecular weight is 313 g/mol. The number of benzene rings is 2. The van der Waals surface area contributed by atoms with Gasteiger partial charge in [-0.3, -0.25) is 4.90 Å². The van der Waals surface area contributed by atoms with E-state index in [4.69, 9.17) is 11.6 Å². The SMILES string of the molecule is Clc1ccc(-c2ccccc2CN2[C@@H]3CC[C@H]2CNC3)cc1. The van der Waals surface area contributed by atoms with Crippen molar-refractivity contribution in [1.82, 2.24) is 10.2 Å². The fourth-order valence-corrected chi connectivity index (χ4v) is 4.02. The third kappa shape index (κ3) is 2.67. The molecule has 3 heteroatoms. The summed E-state index contributed by atoms with van der Waals surface area (Å²) in [6.45, 7) is 3.33. The van der Waals surface area contributed by atoms with Crippen LogP contribution in [-0.2, 0) is 6.54 Å². The summed E-state index contributed by atoms with van der Waals surface area (Å²) >= 11 is 6.03. The number of hydrogen-bond acceptors (Lipinski definition) is 2. The molecule has 0 aromatic heterocycles. The van der Waals surface area contributed by atoms with Gasteiger partial charge in [0.05, 0.1) is 0 Å². The lowest BCUT2D eigenvalue weighted by Crippen LogP contribution is -2.51. The Labute approximate surface area is 137 Å². The minimum absolute atomic E-state index is 0.706. The number of halogens is 1. The molecule has 0 unspecified atom stereocenters. The molecular formula is C19H21ClN2. The summed E-state index contributed by atoms with van der Waals surface area (Å²) in [5.74, 6) is 0. The lowest BCUT2D eigenvalue weighted by atomic mass is 9.98. The zero-order valence-electron chi connectivity index (χ0n) is 12.6. The highest BCUT2D eigenvalue weighted by Gasteiger charge is 2.36. The maximum Gasteiger partial charge on any atom is 0.0406 e. The number of piperazine rings is 1. The number of nitrogens with zero attached hydrogens (tertiary/aromatic N) is 1. The van der Waals surface area contributed by atoms with E-state index in [-0.39, 0.29) is 0 Å². The van der Waals surface area contributed by atoms with Crippen molar-refractivity contribution in [3.63, 3.8) is 0 Å². The Bertz CT molecular complexity index is 637. The molecule has 2 nitrogen and oxygen atoms in total. The smallest absolute Gasteiger partial charge is 0.0406 e. The number of hydrogen-bond donors (Lipinski definition) is 1. The Kier molecular flexibility index (Phi) is 3.91. The summed E-state index contributed by atoms with van der Waals surface area (Å²) in [5.41, 5.74) is 4.00. The molecule has 2 aliphatic heterocycles. The number of rotatable bonds is 3. The highest BCUT2D eigenvalue weighted by atomic mass is 35.5. The second kappa shape index (κ2) is 6.04. The van der Waals surface area contributed by atoms with Crippen molar-refractivity contribution in [2.75, 3.05) is 13.1 Å². The van der Waals surface area contributed by atoms with Crippen LogP contribution in [0.25, 0.3) is 11.1 Å². The molecule has 2 atom stereocenters. The van der Waals surface area contributed by atoms with Crippen LogP contribution in [0.5, 0.6) is 0 Å². The fourth-order valence-electron chi connectivity index (χ4n) is 3.89. The zero-order chi connectivity index (χ0) is 14.9. The largest absolute Gasteiger partial charge is 0.314 e. The molecule has 2 fully saturated rings. The van der Waals surface area contributed by atoms with E-state index in [0.29, 0.717) is 12.1 Å². The van der Waals surface area contributed by atoms with Crippen LogP contribution in [0, 0.1) is 0 Å². The van der Waals surface area contributed by atoms with Gasteiger partial charge in [-0.05, 0) is 41.7 Å². The second-order valence-electron chi connectivity index (χ2n) is 6.38. The van der Waals surface area contributed by atoms with Crippen LogP contribution in [-0.4, -0.2) is 30.1 Å². The molecule has 22 heavy (non-hydrogen) atoms. The van der Waals surface area contributed by atoms with Gasteiger partial charge in [0.15, 0.2) is 0 Å². The highest BCUT2D eigenvalue weighted by Crippen LogP contribution is 2.32. The van der Waals surface area contributed by atoms with Crippen molar-refractivity contribution in [1.29, 1.82) is 0 Å². The first-order chi connectivity index (χ1) is 10.8. The average Bonchev–Trinajstić information content (AvgIpc) is 2.77. The lowest BCUT2D eigenvalue weighted by Gasteiger charge is -2.35. The topological polar surface area (TPSA) is 15.3 Å². The molecule has 0 amide bonds. The van der Waals surface area contributed by atoms with E-state index in [1.165, 1.54) is 29.5 Å². The summed E-state index contributed by atoms with van der Waals surface area (Å²) in [4.78, 5) is 2.70. The maximum atomic E-state index is 6.03. The standard InChI is InChI=1S/C19H21ClN2/c20-16-7-5-14(6-8-16)19-4-2-1-3-15(19)13-22-17-9-10-18(22)12-21-11-17/h1-8,17-18,21H,9-13H2/t17-,18+. The molecule has 2 bridgehead atoms. The van der Waals surface area contributed by atoms with E-state index in [1.54, 1.807) is 0 Å². The summed E-state index contributed by atoms with van der Waals surface area (Å²) in [6.07, 6.45) is 2.67. The van der Waals surface area contributed by atoms with Gasteiger partial charge in [0.1, 0.15) is 0 Å². The molecule has 2 aliphatic rings. The Morgan fingerprint density at radius 1 is 0.955 bits per heavy atom. The van der Waals surface area contributed by atoms with Gasteiger partial charge < -0.3 is 5.32 Å². The Morgan fingerprint density at radius 3 is 2.36 bits per heavy atom. The number of fused-ring (bicyclic) bond motifs is 2. The third-order valence-electron chi connectivity index (χ3n) is 5.06. The quantitative estimate of drug-likeness (QED) is 0.923. The fraction of sp³-hybridized carbons (Fsp3) is 0.368. The van der Waals surface area contributed by atoms with E-state index in [2.05, 4.69) is 46.6 Å². The molecule has 0 saturated carbocycles. The monoisotopic (exact) mass is 312 g/mol. The van der Waals surface area contributed by atoms with Gasteiger partial charge in [-0.15, -0.1) is 0 Å². The van der Waals surface area contributed by atoms with Crippen LogP contribution in [0.3, 0.4) is 0 Å². The van der Waals surface area contributed by atoms with Crippen molar-refractivity contribution in [3.8, 4) is 11.1 Å². The lowest BCUT2D eigenvalue weighted by molar-refractivity contribution is 0.145. The molecule has 0 spiro atoms. The predicted molar refractivity (Wildman–Crippen MR) is 92.1 cm³/mol. The molecular weight excluding hydrogens is 292 g/mol. The molecule has 114 valence electrons. The highest BCUT2D eigenvalue weighted by molar-refractivity contribution is 6.30. The van der Waals surface area contributed by atoms with Crippen molar-refractivity contribution in [2.45, 2.75) is 31.5 Å². The van der Waals surface area contributed by atoms with Crippen molar-refractivity contribution in [2.24, 2.45) is 0 Å². The van der Waals surface area contributed by atoms with E-state index < -0.39 is 0 Å². The molecule has 1 N–H and O–H groups in total. The van der Waals surface area contributed by atoms with Crippen molar-refractivity contribution in [3.05, 3.63) is 59.1 Å². The Balaban J connectivity index is 1.64. The molecule has 2 aromatic carbocycles. The summed E-state index contributed by atoms with van der Waals surface area (Å²) < 4.78 is 0. The van der Waals surface area contributed by atoms with Crippen molar-refractivity contribution >= 4 is 11.6 Å². The van der Waals surface area contributed by atoms with Gasteiger partial charge >= 0.3 is 0 Å². The van der Waals surface area contributed by atoms with Crippen LogP contribution >= 0.6 is 11.6 Å². The molecule has 2 saturated heterocycles. The van der Waals surface area contributed by atoms with E-state index in [0.717, 1.165) is 24.7 Å². The minimum Gasteiger partial charge on any atom is -0.314 e. The van der Waals surface area contributed by atoms with Crippen LogP contribution in [0.1, 0.15) is 18.4 Å². The molecule has 2 heterocycles. The zero-order valence-corrected chi connectivity index (χ0v) is 13.4. The van der Waals surface area contributed by atoms with Gasteiger partial charge in [-0.25, -0.2) is 0 Å². The Morgan fingerprint density at radius 2 is 1.64 bits per heavy atom. The second-order valence-corrected chi connectivity index (χ2v) is 6.82. The molecule has 0 aliphatic carbocycles. The first kappa shape index (κ1) is 14.3. The van der Waals surface area contributed by atoms with Crippen LogP contribution in [0.2, 0.25) is 5.02 Å². The van der Waals surface area contributed by atoms with Crippen molar-refractivity contribution < 1.29 is 0 Å². The van der Waals surface area contributed by atoms with Gasteiger partial charge in [-0.2, -0.15) is 0 Å². The van der Waals surface area contributed by atoms with E-state index in [1.807, 2.05) is 12.1 Å². The van der Waals surface area contributed by atoms with Crippen LogP contribution < -0.4 is 5.32 Å². The summed E-state index contributed by atoms with van der Waals surface area (Å²) in [5, 5.41) is 4.35. The normalized spacial score (nSPS) is 24.6. The molecule has 2 aromatic rings. The number of nitrogens with one attached hydrogen (secondary N) is 1. The van der Waals surface area contributed by atoms with Crippen LogP contribution in [0.15, 0.2) is 48.5 Å². The van der Waals surface area contributed by atoms with E-state index >= 15 is 0 Å². The Hall–Kier alpha value is -1.35. The minimum atomic E-state index is 0.706. The summed E-state index contributed by atoms with van der Waals surface area (Å²) in [6, 6.07) is 18.4. The predicted octanol–water partition coefficient (Wildman–Crippen LogP) is 3.94. The maximum absolute atomic E-state index is 6.03. The van der Waals surface area contributed by atoms with Gasteiger partial charge in [-0.1, -0.05) is 48.0 Å². The third-order valence-corrected chi connectivity index (χ3v) is 5.31. The first-order valence-electron chi connectivity index (χ1n) is 8.11. The van der Waals surface area contributed by atoms with Gasteiger partial charge in [0.2, 0.25) is 0 Å². The molecule has 4 rings (SSSR count). The molecule has 0 radical (unpaired) electrons. The van der Waals surface area contributed by atoms with Gasteiger partial charge in [0, 0.05) is 36.7 Å². The first-order valence-corrected chi connectivity index (χ1v) is 8.49.